The van der Waals surface area contributed by atoms with E-state index in [1.165, 1.54) is 6.07 Å². The van der Waals surface area contributed by atoms with Gasteiger partial charge < -0.3 is 0 Å². The number of nitroso groups, excluding NO2 is 1. The molecule has 0 amide bonds. The molecule has 0 aliphatic rings. The number of hydrogen-bond acceptors (Lipinski definition) is 2. The third kappa shape index (κ3) is 2.55. The lowest BCUT2D eigenvalue weighted by Gasteiger charge is -2.12. The molecule has 1 aromatic carbocycles. The average Bonchev–Trinajstić information content (AvgIpc) is 2.15. The molecule has 0 heterocycles. The molecule has 0 N–H and O–H groups in total. The lowest BCUT2D eigenvalue weighted by molar-refractivity contribution is -0.137. The maximum Gasteiger partial charge on any atom is 0.418 e. The van der Waals surface area contributed by atoms with Crippen LogP contribution in [0.2, 0.25) is 0 Å². The van der Waals surface area contributed by atoms with Crippen molar-refractivity contribution >= 4 is 5.69 Å². The Labute approximate surface area is 85.1 Å². The molecular weight excluding hydrogens is 207 g/mol. The minimum Gasteiger partial charge on any atom is -0.166 e. The van der Waals surface area contributed by atoms with Gasteiger partial charge in [-0.15, -0.1) is 4.91 Å². The second-order valence-electron chi connectivity index (χ2n) is 3.52. The number of alkyl halides is 3. The summed E-state index contributed by atoms with van der Waals surface area (Å²) < 4.78 is 37.4. The Kier molecular flexibility index (Phi) is 3.12. The van der Waals surface area contributed by atoms with Crippen molar-refractivity contribution in [2.75, 3.05) is 0 Å². The van der Waals surface area contributed by atoms with Crippen molar-refractivity contribution in [3.05, 3.63) is 34.2 Å². The Hall–Kier alpha value is -1.39. The van der Waals surface area contributed by atoms with E-state index in [-0.39, 0.29) is 5.92 Å². The highest BCUT2D eigenvalue weighted by Crippen LogP contribution is 2.37. The van der Waals surface area contributed by atoms with Gasteiger partial charge in [-0.2, -0.15) is 13.2 Å². The molecule has 2 nitrogen and oxygen atoms in total. The van der Waals surface area contributed by atoms with Gasteiger partial charge in [-0.3, -0.25) is 0 Å². The van der Waals surface area contributed by atoms with Crippen LogP contribution in [0.4, 0.5) is 18.9 Å². The minimum atomic E-state index is -4.53. The van der Waals surface area contributed by atoms with Crippen LogP contribution in [0.25, 0.3) is 0 Å². The second kappa shape index (κ2) is 4.00. The summed E-state index contributed by atoms with van der Waals surface area (Å²) in [5, 5.41) is 2.37. The standard InChI is InChI=1S/C10H10F3NO/c1-6(2)7-3-4-9(14-15)8(5-7)10(11,12)13/h3-6H,1-2H3. The van der Waals surface area contributed by atoms with Gasteiger partial charge in [-0.05, 0) is 28.8 Å². The van der Waals surface area contributed by atoms with Crippen molar-refractivity contribution in [2.45, 2.75) is 25.9 Å². The van der Waals surface area contributed by atoms with Crippen molar-refractivity contribution < 1.29 is 13.2 Å². The first-order valence-electron chi connectivity index (χ1n) is 4.40. The smallest absolute Gasteiger partial charge is 0.166 e. The molecule has 1 rings (SSSR count). The van der Waals surface area contributed by atoms with Gasteiger partial charge in [0.05, 0.1) is 5.56 Å². The predicted molar refractivity (Wildman–Crippen MR) is 51.0 cm³/mol. The van der Waals surface area contributed by atoms with Gasteiger partial charge in [-0.1, -0.05) is 19.9 Å². The molecule has 5 heteroatoms. The Morgan fingerprint density at radius 1 is 1.27 bits per heavy atom. The highest BCUT2D eigenvalue weighted by molar-refractivity contribution is 5.49. The first kappa shape index (κ1) is 11.7. The summed E-state index contributed by atoms with van der Waals surface area (Å²) in [6.45, 7) is 3.56. The van der Waals surface area contributed by atoms with Gasteiger partial charge in [0.15, 0.2) is 0 Å². The van der Waals surface area contributed by atoms with Crippen LogP contribution in [0, 0.1) is 4.91 Å². The van der Waals surface area contributed by atoms with Crippen LogP contribution in [-0.4, -0.2) is 0 Å². The van der Waals surface area contributed by atoms with Gasteiger partial charge in [0.25, 0.3) is 0 Å². The Bertz CT molecular complexity index is 371. The van der Waals surface area contributed by atoms with E-state index in [0.717, 1.165) is 12.1 Å². The average molecular weight is 217 g/mol. The maximum absolute atomic E-state index is 12.5. The second-order valence-corrected chi connectivity index (χ2v) is 3.52. The summed E-state index contributed by atoms with van der Waals surface area (Å²) in [6, 6.07) is 3.56. The third-order valence-electron chi connectivity index (χ3n) is 2.09. The molecule has 0 saturated heterocycles. The molecule has 82 valence electrons. The topological polar surface area (TPSA) is 29.4 Å². The first-order valence-corrected chi connectivity index (χ1v) is 4.40. The zero-order valence-corrected chi connectivity index (χ0v) is 8.30. The lowest BCUT2D eigenvalue weighted by Crippen LogP contribution is -2.06. The molecule has 0 aliphatic carbocycles. The van der Waals surface area contributed by atoms with Crippen molar-refractivity contribution in [3.8, 4) is 0 Å². The molecule has 0 radical (unpaired) electrons. The van der Waals surface area contributed by atoms with Crippen LogP contribution >= 0.6 is 0 Å². The molecule has 0 aromatic heterocycles. The van der Waals surface area contributed by atoms with Crippen molar-refractivity contribution in [1.82, 2.24) is 0 Å². The summed E-state index contributed by atoms with van der Waals surface area (Å²) >= 11 is 0. The van der Waals surface area contributed by atoms with E-state index in [2.05, 4.69) is 5.18 Å². The molecule has 1 aromatic rings. The molecule has 0 fully saturated rings. The van der Waals surface area contributed by atoms with E-state index in [4.69, 9.17) is 0 Å². The van der Waals surface area contributed by atoms with Crippen molar-refractivity contribution in [1.29, 1.82) is 0 Å². The van der Waals surface area contributed by atoms with Gasteiger partial charge in [0.1, 0.15) is 5.69 Å². The third-order valence-corrected chi connectivity index (χ3v) is 2.09. The summed E-state index contributed by atoms with van der Waals surface area (Å²) in [7, 11) is 0. The monoisotopic (exact) mass is 217 g/mol. The lowest BCUT2D eigenvalue weighted by atomic mass is 9.99. The molecule has 0 atom stereocenters. The van der Waals surface area contributed by atoms with Crippen LogP contribution in [0.15, 0.2) is 23.4 Å². The van der Waals surface area contributed by atoms with E-state index in [1.807, 2.05) is 0 Å². The summed E-state index contributed by atoms with van der Waals surface area (Å²) in [5.41, 5.74) is -0.995. The molecule has 0 spiro atoms. The fraction of sp³-hybridized carbons (Fsp3) is 0.400. The molecular formula is C10H10F3NO. The van der Waals surface area contributed by atoms with Crippen LogP contribution in [0.3, 0.4) is 0 Å². The molecule has 0 aliphatic heterocycles. The van der Waals surface area contributed by atoms with Crippen molar-refractivity contribution in [3.63, 3.8) is 0 Å². The van der Waals surface area contributed by atoms with Crippen LogP contribution < -0.4 is 0 Å². The van der Waals surface area contributed by atoms with E-state index < -0.39 is 17.4 Å². The number of hydrogen-bond donors (Lipinski definition) is 0. The Morgan fingerprint density at radius 3 is 2.27 bits per heavy atom. The van der Waals surface area contributed by atoms with E-state index >= 15 is 0 Å². The molecule has 0 unspecified atom stereocenters. The molecule has 15 heavy (non-hydrogen) atoms. The van der Waals surface area contributed by atoms with E-state index in [0.29, 0.717) is 5.56 Å². The van der Waals surface area contributed by atoms with E-state index in [9.17, 15) is 18.1 Å². The fourth-order valence-corrected chi connectivity index (χ4v) is 1.22. The number of nitrogens with zero attached hydrogens (tertiary/aromatic N) is 1. The Morgan fingerprint density at radius 2 is 1.87 bits per heavy atom. The molecule has 0 bridgehead atoms. The Balaban J connectivity index is 3.32. The number of rotatable bonds is 2. The highest BCUT2D eigenvalue weighted by Gasteiger charge is 2.34. The SMILES string of the molecule is CC(C)c1ccc(N=O)c(C(F)(F)F)c1. The van der Waals surface area contributed by atoms with Gasteiger partial charge in [0.2, 0.25) is 0 Å². The van der Waals surface area contributed by atoms with Gasteiger partial charge in [0, 0.05) is 0 Å². The summed E-state index contributed by atoms with van der Waals surface area (Å²) in [4.78, 5) is 10.2. The predicted octanol–water partition coefficient (Wildman–Crippen LogP) is 4.23. The van der Waals surface area contributed by atoms with Crippen LogP contribution in [0.5, 0.6) is 0 Å². The molecule has 0 saturated carbocycles. The van der Waals surface area contributed by atoms with Crippen LogP contribution in [0.1, 0.15) is 30.9 Å². The minimum absolute atomic E-state index is 0.0215. The van der Waals surface area contributed by atoms with Gasteiger partial charge in [-0.25, -0.2) is 0 Å². The maximum atomic E-state index is 12.5. The normalized spacial score (nSPS) is 11.9. The summed E-state index contributed by atoms with van der Waals surface area (Å²) in [5.74, 6) is -0.0215. The summed E-state index contributed by atoms with van der Waals surface area (Å²) in [6.07, 6.45) is -4.53. The quantitative estimate of drug-likeness (QED) is 0.681. The largest absolute Gasteiger partial charge is 0.418 e. The highest BCUT2D eigenvalue weighted by atomic mass is 19.4. The number of benzene rings is 1. The zero-order valence-electron chi connectivity index (χ0n) is 8.30. The fourth-order valence-electron chi connectivity index (χ4n) is 1.22. The van der Waals surface area contributed by atoms with Gasteiger partial charge >= 0.3 is 6.18 Å². The van der Waals surface area contributed by atoms with E-state index in [1.54, 1.807) is 13.8 Å². The van der Waals surface area contributed by atoms with Crippen LogP contribution in [-0.2, 0) is 6.18 Å². The van der Waals surface area contributed by atoms with Crippen molar-refractivity contribution in [2.24, 2.45) is 5.18 Å². The number of halogens is 3. The first-order chi connectivity index (χ1) is 6.86. The zero-order chi connectivity index (χ0) is 11.6.